The van der Waals surface area contributed by atoms with E-state index in [1.165, 1.54) is 0 Å². The minimum atomic E-state index is 0.0248. The Kier molecular flexibility index (Phi) is 3.37. The summed E-state index contributed by atoms with van der Waals surface area (Å²) in [5.41, 5.74) is 3.86. The van der Waals surface area contributed by atoms with Gasteiger partial charge in [-0.25, -0.2) is 0 Å². The first-order valence-electron chi connectivity index (χ1n) is 6.81. The van der Waals surface area contributed by atoms with Crippen LogP contribution in [0.4, 0.5) is 11.4 Å². The van der Waals surface area contributed by atoms with Crippen LogP contribution in [-0.4, -0.2) is 24.5 Å². The second-order valence-electron chi connectivity index (χ2n) is 4.93. The van der Waals surface area contributed by atoms with Crippen molar-refractivity contribution in [2.45, 2.75) is 12.8 Å². The van der Waals surface area contributed by atoms with Gasteiger partial charge in [0, 0.05) is 42.9 Å². The zero-order chi connectivity index (χ0) is 13.9. The molecule has 1 aromatic carbocycles. The third-order valence-electron chi connectivity index (χ3n) is 3.68. The van der Waals surface area contributed by atoms with Gasteiger partial charge >= 0.3 is 0 Å². The minimum Gasteiger partial charge on any atom is -0.385 e. The summed E-state index contributed by atoms with van der Waals surface area (Å²) >= 11 is 0. The zero-order valence-electron chi connectivity index (χ0n) is 11.5. The molecule has 1 aliphatic rings. The number of nitrogens with one attached hydrogen (secondary N) is 1. The van der Waals surface area contributed by atoms with Crippen LogP contribution < -0.4 is 10.2 Å². The summed E-state index contributed by atoms with van der Waals surface area (Å²) in [7, 11) is 1.80. The molecule has 0 saturated heterocycles. The first kappa shape index (κ1) is 12.7. The fourth-order valence-corrected chi connectivity index (χ4v) is 2.58. The molecular formula is C16H17N3O. The van der Waals surface area contributed by atoms with Gasteiger partial charge in [-0.15, -0.1) is 0 Å². The summed E-state index contributed by atoms with van der Waals surface area (Å²) in [5.74, 6) is 0.0248. The van der Waals surface area contributed by atoms with E-state index in [0.717, 1.165) is 41.9 Å². The molecule has 0 unspecified atom stereocenters. The molecule has 0 fully saturated rings. The molecule has 1 amide bonds. The lowest BCUT2D eigenvalue weighted by Crippen LogP contribution is -2.28. The second kappa shape index (κ2) is 5.33. The molecule has 2 heterocycles. The van der Waals surface area contributed by atoms with Crippen molar-refractivity contribution in [3.63, 3.8) is 0 Å². The standard InChI is InChI=1S/C16H17N3O/c1-19(12-7-10-17-11-8-12)16(20)14-4-2-6-15-13(14)5-3-9-18-15/h2,4,6-8,10-11,18H,3,5,9H2,1H3. The molecule has 2 aromatic rings. The molecule has 0 bridgehead atoms. The molecule has 1 aliphatic heterocycles. The Morgan fingerprint density at radius 2 is 2.05 bits per heavy atom. The number of rotatable bonds is 2. The molecule has 102 valence electrons. The molecular weight excluding hydrogens is 250 g/mol. The predicted octanol–water partition coefficient (Wildman–Crippen LogP) is 2.72. The van der Waals surface area contributed by atoms with Crippen molar-refractivity contribution in [1.82, 2.24) is 4.98 Å². The number of amides is 1. The molecule has 1 aromatic heterocycles. The van der Waals surface area contributed by atoms with E-state index < -0.39 is 0 Å². The average Bonchev–Trinajstić information content (AvgIpc) is 2.54. The normalized spacial score (nSPS) is 13.2. The van der Waals surface area contributed by atoms with Gasteiger partial charge in [0.2, 0.25) is 0 Å². The fourth-order valence-electron chi connectivity index (χ4n) is 2.58. The summed E-state index contributed by atoms with van der Waals surface area (Å²) < 4.78 is 0. The third-order valence-corrected chi connectivity index (χ3v) is 3.68. The third kappa shape index (κ3) is 2.25. The summed E-state index contributed by atoms with van der Waals surface area (Å²) in [6.45, 7) is 0.977. The van der Waals surface area contributed by atoms with E-state index in [2.05, 4.69) is 10.3 Å². The van der Waals surface area contributed by atoms with E-state index in [1.807, 2.05) is 30.3 Å². The molecule has 4 heteroatoms. The highest BCUT2D eigenvalue weighted by molar-refractivity contribution is 6.07. The number of pyridine rings is 1. The maximum atomic E-state index is 12.7. The van der Waals surface area contributed by atoms with Crippen LogP contribution in [0.25, 0.3) is 0 Å². The van der Waals surface area contributed by atoms with Gasteiger partial charge in [0.1, 0.15) is 0 Å². The monoisotopic (exact) mass is 267 g/mol. The first-order chi connectivity index (χ1) is 9.77. The van der Waals surface area contributed by atoms with Crippen molar-refractivity contribution in [2.24, 2.45) is 0 Å². The maximum Gasteiger partial charge on any atom is 0.258 e. The number of carbonyl (C=O) groups excluding carboxylic acids is 1. The topological polar surface area (TPSA) is 45.2 Å². The number of nitrogens with zero attached hydrogens (tertiary/aromatic N) is 2. The van der Waals surface area contributed by atoms with Gasteiger partial charge < -0.3 is 10.2 Å². The van der Waals surface area contributed by atoms with Crippen LogP contribution in [-0.2, 0) is 6.42 Å². The largest absolute Gasteiger partial charge is 0.385 e. The van der Waals surface area contributed by atoms with Gasteiger partial charge in [-0.3, -0.25) is 9.78 Å². The van der Waals surface area contributed by atoms with Crippen molar-refractivity contribution in [3.05, 3.63) is 53.9 Å². The van der Waals surface area contributed by atoms with Crippen LogP contribution in [0, 0.1) is 0 Å². The van der Waals surface area contributed by atoms with E-state index in [9.17, 15) is 4.79 Å². The molecule has 1 N–H and O–H groups in total. The van der Waals surface area contributed by atoms with E-state index in [0.29, 0.717) is 0 Å². The summed E-state index contributed by atoms with van der Waals surface area (Å²) in [6.07, 6.45) is 5.41. The lowest BCUT2D eigenvalue weighted by Gasteiger charge is -2.23. The Morgan fingerprint density at radius 1 is 1.25 bits per heavy atom. The van der Waals surface area contributed by atoms with Gasteiger partial charge in [0.05, 0.1) is 0 Å². The highest BCUT2D eigenvalue weighted by atomic mass is 16.2. The van der Waals surface area contributed by atoms with Crippen molar-refractivity contribution >= 4 is 17.3 Å². The number of carbonyl (C=O) groups is 1. The zero-order valence-corrected chi connectivity index (χ0v) is 11.5. The van der Waals surface area contributed by atoms with Gasteiger partial charge in [0.25, 0.3) is 5.91 Å². The molecule has 20 heavy (non-hydrogen) atoms. The van der Waals surface area contributed by atoms with Crippen LogP contribution in [0.3, 0.4) is 0 Å². The van der Waals surface area contributed by atoms with Gasteiger partial charge in [-0.05, 0) is 42.7 Å². The molecule has 0 atom stereocenters. The molecule has 0 radical (unpaired) electrons. The Balaban J connectivity index is 1.95. The number of aromatic nitrogens is 1. The highest BCUT2D eigenvalue weighted by Gasteiger charge is 2.20. The smallest absolute Gasteiger partial charge is 0.258 e. The van der Waals surface area contributed by atoms with E-state index >= 15 is 0 Å². The summed E-state index contributed by atoms with van der Waals surface area (Å²) in [6, 6.07) is 9.56. The predicted molar refractivity (Wildman–Crippen MR) is 80.2 cm³/mol. The van der Waals surface area contributed by atoms with Gasteiger partial charge in [-0.2, -0.15) is 0 Å². The lowest BCUT2D eigenvalue weighted by molar-refractivity contribution is 0.0992. The summed E-state index contributed by atoms with van der Waals surface area (Å²) in [5, 5.41) is 3.36. The molecule has 0 spiro atoms. The van der Waals surface area contributed by atoms with Gasteiger partial charge in [-0.1, -0.05) is 6.07 Å². The SMILES string of the molecule is CN(C(=O)c1cccc2c1CCCN2)c1ccncc1. The fraction of sp³-hybridized carbons (Fsp3) is 0.250. The Labute approximate surface area is 118 Å². The Bertz CT molecular complexity index is 625. The first-order valence-corrected chi connectivity index (χ1v) is 6.81. The summed E-state index contributed by atoms with van der Waals surface area (Å²) in [4.78, 5) is 18.3. The number of anilines is 2. The van der Waals surface area contributed by atoms with Crippen LogP contribution in [0.1, 0.15) is 22.3 Å². The van der Waals surface area contributed by atoms with Gasteiger partial charge in [0.15, 0.2) is 0 Å². The Hall–Kier alpha value is -2.36. The number of fused-ring (bicyclic) bond motifs is 1. The number of benzene rings is 1. The highest BCUT2D eigenvalue weighted by Crippen LogP contribution is 2.27. The quantitative estimate of drug-likeness (QED) is 0.910. The Morgan fingerprint density at radius 3 is 2.85 bits per heavy atom. The van der Waals surface area contributed by atoms with Crippen molar-refractivity contribution in [1.29, 1.82) is 0 Å². The van der Waals surface area contributed by atoms with Crippen molar-refractivity contribution < 1.29 is 4.79 Å². The molecule has 0 saturated carbocycles. The van der Waals surface area contributed by atoms with Crippen LogP contribution >= 0.6 is 0 Å². The van der Waals surface area contributed by atoms with Crippen molar-refractivity contribution in [3.8, 4) is 0 Å². The number of hydrogen-bond donors (Lipinski definition) is 1. The molecule has 3 rings (SSSR count). The van der Waals surface area contributed by atoms with E-state index in [1.54, 1.807) is 24.3 Å². The number of hydrogen-bond acceptors (Lipinski definition) is 3. The molecule has 0 aliphatic carbocycles. The second-order valence-corrected chi connectivity index (χ2v) is 4.93. The lowest BCUT2D eigenvalue weighted by atomic mass is 9.97. The maximum absolute atomic E-state index is 12.7. The van der Waals surface area contributed by atoms with Crippen LogP contribution in [0.15, 0.2) is 42.7 Å². The molecule has 4 nitrogen and oxygen atoms in total. The van der Waals surface area contributed by atoms with E-state index in [4.69, 9.17) is 0 Å². The van der Waals surface area contributed by atoms with Crippen LogP contribution in [0.2, 0.25) is 0 Å². The van der Waals surface area contributed by atoms with E-state index in [-0.39, 0.29) is 5.91 Å². The van der Waals surface area contributed by atoms with Crippen LogP contribution in [0.5, 0.6) is 0 Å². The minimum absolute atomic E-state index is 0.0248. The van der Waals surface area contributed by atoms with Crippen molar-refractivity contribution in [2.75, 3.05) is 23.8 Å². The average molecular weight is 267 g/mol.